The first kappa shape index (κ1) is 20.9. The summed E-state index contributed by atoms with van der Waals surface area (Å²) in [7, 11) is 1.44. The summed E-state index contributed by atoms with van der Waals surface area (Å²) in [6.45, 7) is 4.22. The topological polar surface area (TPSA) is 100 Å². The molecule has 2 atom stereocenters. The number of aromatic nitrogens is 3. The Morgan fingerprint density at radius 3 is 2.77 bits per heavy atom. The van der Waals surface area contributed by atoms with Gasteiger partial charge in [0, 0.05) is 34.6 Å². The third-order valence-corrected chi connectivity index (χ3v) is 5.51. The Bertz CT molecular complexity index is 1240. The molecule has 0 saturated carbocycles. The highest BCUT2D eigenvalue weighted by molar-refractivity contribution is 5.92. The van der Waals surface area contributed by atoms with Crippen LogP contribution >= 0.6 is 0 Å². The maximum atomic E-state index is 14.9. The van der Waals surface area contributed by atoms with Crippen molar-refractivity contribution in [2.45, 2.75) is 32.5 Å². The van der Waals surface area contributed by atoms with Crippen molar-refractivity contribution in [3.05, 3.63) is 63.3 Å². The summed E-state index contributed by atoms with van der Waals surface area (Å²) in [6.07, 6.45) is -0.310. The van der Waals surface area contributed by atoms with Crippen LogP contribution in [0, 0.1) is 18.7 Å². The van der Waals surface area contributed by atoms with Crippen LogP contribution in [-0.4, -0.2) is 51.5 Å². The van der Waals surface area contributed by atoms with Crippen LogP contribution in [0.4, 0.5) is 8.78 Å². The van der Waals surface area contributed by atoms with E-state index in [1.165, 1.54) is 19.2 Å². The minimum Gasteiger partial charge on any atom is -0.483 e. The third-order valence-electron chi connectivity index (χ3n) is 5.51. The monoisotopic (exact) mass is 433 g/mol. The van der Waals surface area contributed by atoms with E-state index >= 15 is 0 Å². The van der Waals surface area contributed by atoms with Crippen molar-refractivity contribution >= 4 is 16.9 Å². The molecule has 4 rings (SSSR count). The standard InChI is InChI=1S/C21H21F2N5O3.2H2/c1-10-20(29)27-18-13(25-10)5-4-12(17(18)22)8-28-9-16(11(28)2)31-15-7-6-14(21(30)24-3)26-19(15)23;;/h4-7,11,16H,8-9H2,1-3H3,(H,24,30)(H,27,29);2*1H/t11-,16+;;/m1../s1. The highest BCUT2D eigenvalue weighted by Crippen LogP contribution is 2.28. The maximum absolute atomic E-state index is 14.9. The first-order chi connectivity index (χ1) is 14.8. The van der Waals surface area contributed by atoms with Crippen molar-refractivity contribution in [3.63, 3.8) is 0 Å². The molecular weight excluding hydrogens is 408 g/mol. The van der Waals surface area contributed by atoms with Crippen LogP contribution in [0.25, 0.3) is 11.0 Å². The third kappa shape index (κ3) is 3.86. The Balaban J connectivity index is 0.00000193. The number of benzene rings is 1. The lowest BCUT2D eigenvalue weighted by atomic mass is 9.99. The second-order valence-corrected chi connectivity index (χ2v) is 7.48. The Morgan fingerprint density at radius 2 is 2.10 bits per heavy atom. The fourth-order valence-electron chi connectivity index (χ4n) is 3.52. The summed E-state index contributed by atoms with van der Waals surface area (Å²) in [5.74, 6) is -1.91. The summed E-state index contributed by atoms with van der Waals surface area (Å²) >= 11 is 0. The van der Waals surface area contributed by atoms with Crippen molar-refractivity contribution in [1.29, 1.82) is 0 Å². The SMILES string of the molecule is CNC(=O)c1ccc(O[C@H]2CN(Cc3ccc4nc(C)c(=O)[nH]c4c3F)[C@@H]2C)c(F)n1.[HH].[HH]. The Kier molecular flexibility index (Phi) is 5.40. The van der Waals surface area contributed by atoms with Crippen LogP contribution < -0.4 is 15.6 Å². The van der Waals surface area contributed by atoms with Gasteiger partial charge in [0.15, 0.2) is 11.6 Å². The van der Waals surface area contributed by atoms with E-state index in [1.54, 1.807) is 19.1 Å². The first-order valence-corrected chi connectivity index (χ1v) is 9.75. The molecule has 1 saturated heterocycles. The molecule has 3 heterocycles. The number of aryl methyl sites for hydroxylation is 1. The fraction of sp³-hybridized carbons (Fsp3) is 0.333. The van der Waals surface area contributed by atoms with E-state index in [0.717, 1.165) is 0 Å². The molecule has 10 heteroatoms. The van der Waals surface area contributed by atoms with Crippen LogP contribution in [-0.2, 0) is 6.54 Å². The van der Waals surface area contributed by atoms with Crippen molar-refractivity contribution in [2.24, 2.45) is 0 Å². The van der Waals surface area contributed by atoms with Crippen molar-refractivity contribution in [3.8, 4) is 5.75 Å². The molecule has 2 aromatic heterocycles. The predicted octanol–water partition coefficient (Wildman–Crippen LogP) is 2.41. The van der Waals surface area contributed by atoms with Crippen molar-refractivity contribution < 1.29 is 21.2 Å². The van der Waals surface area contributed by atoms with E-state index in [2.05, 4.69) is 20.3 Å². The van der Waals surface area contributed by atoms with Gasteiger partial charge in [-0.25, -0.2) is 14.4 Å². The summed E-state index contributed by atoms with van der Waals surface area (Å²) in [6, 6.07) is 5.97. The van der Waals surface area contributed by atoms with Crippen LogP contribution in [0.3, 0.4) is 0 Å². The van der Waals surface area contributed by atoms with E-state index in [1.807, 2.05) is 11.8 Å². The fourth-order valence-corrected chi connectivity index (χ4v) is 3.52. The lowest BCUT2D eigenvalue weighted by molar-refractivity contribution is -0.0437. The summed E-state index contributed by atoms with van der Waals surface area (Å²) in [5.41, 5.74) is 0.707. The van der Waals surface area contributed by atoms with Gasteiger partial charge >= 0.3 is 0 Å². The largest absolute Gasteiger partial charge is 0.483 e. The Labute approximate surface area is 179 Å². The zero-order chi connectivity index (χ0) is 22.3. The van der Waals surface area contributed by atoms with Crippen LogP contribution in [0.1, 0.15) is 31.5 Å². The summed E-state index contributed by atoms with van der Waals surface area (Å²) < 4.78 is 34.8. The summed E-state index contributed by atoms with van der Waals surface area (Å²) in [4.78, 5) is 35.6. The van der Waals surface area contributed by atoms with Crippen LogP contribution in [0.5, 0.6) is 5.75 Å². The maximum Gasteiger partial charge on any atom is 0.269 e. The second-order valence-electron chi connectivity index (χ2n) is 7.48. The number of nitrogens with zero attached hydrogens (tertiary/aromatic N) is 3. The number of carbonyl (C=O) groups excluding carboxylic acids is 1. The van der Waals surface area contributed by atoms with E-state index in [0.29, 0.717) is 24.2 Å². The molecule has 1 fully saturated rings. The predicted molar refractivity (Wildman–Crippen MR) is 113 cm³/mol. The number of hydrogen-bond acceptors (Lipinski definition) is 6. The Hall–Kier alpha value is -3.40. The van der Waals surface area contributed by atoms with Gasteiger partial charge < -0.3 is 15.0 Å². The number of H-pyrrole nitrogens is 1. The second kappa shape index (κ2) is 8.03. The number of fused-ring (bicyclic) bond motifs is 1. The number of pyridine rings is 1. The number of likely N-dealkylation sites (tertiary alicyclic amines) is 1. The van der Waals surface area contributed by atoms with Gasteiger partial charge in [-0.3, -0.25) is 14.5 Å². The van der Waals surface area contributed by atoms with Crippen molar-refractivity contribution in [2.75, 3.05) is 13.6 Å². The molecule has 1 aliphatic heterocycles. The molecule has 0 radical (unpaired) electrons. The first-order valence-electron chi connectivity index (χ1n) is 9.75. The lowest BCUT2D eigenvalue weighted by Gasteiger charge is -2.45. The van der Waals surface area contributed by atoms with Gasteiger partial charge in [-0.2, -0.15) is 4.39 Å². The Morgan fingerprint density at radius 1 is 1.32 bits per heavy atom. The van der Waals surface area contributed by atoms with Crippen molar-refractivity contribution in [1.82, 2.24) is 25.2 Å². The number of hydrogen-bond donors (Lipinski definition) is 2. The molecule has 0 unspecified atom stereocenters. The summed E-state index contributed by atoms with van der Waals surface area (Å²) in [5, 5.41) is 2.38. The highest BCUT2D eigenvalue weighted by Gasteiger charge is 2.38. The van der Waals surface area contributed by atoms with Crippen LogP contribution in [0.2, 0.25) is 0 Å². The average molecular weight is 433 g/mol. The smallest absolute Gasteiger partial charge is 0.269 e. The van der Waals surface area contributed by atoms with Gasteiger partial charge in [-0.05, 0) is 32.0 Å². The zero-order valence-corrected chi connectivity index (χ0v) is 17.2. The number of rotatable bonds is 5. The van der Waals surface area contributed by atoms with Gasteiger partial charge in [-0.1, -0.05) is 6.07 Å². The van der Waals surface area contributed by atoms with E-state index in [9.17, 15) is 18.4 Å². The molecule has 0 spiro atoms. The molecule has 1 aliphatic rings. The van der Waals surface area contributed by atoms with E-state index < -0.39 is 23.2 Å². The lowest BCUT2D eigenvalue weighted by Crippen LogP contribution is -2.60. The molecular formula is C21H25F2N5O3. The molecule has 2 N–H and O–H groups in total. The molecule has 8 nitrogen and oxygen atoms in total. The number of amides is 1. The average Bonchev–Trinajstić information content (AvgIpc) is 2.76. The van der Waals surface area contributed by atoms with Gasteiger partial charge in [0.05, 0.1) is 5.52 Å². The molecule has 0 aliphatic carbocycles. The number of ether oxygens (including phenoxy) is 1. The normalized spacial score (nSPS) is 18.6. The van der Waals surface area contributed by atoms with Crippen LogP contribution in [0.15, 0.2) is 29.1 Å². The molecule has 3 aromatic rings. The van der Waals surface area contributed by atoms with E-state index in [-0.39, 0.29) is 37.7 Å². The number of nitrogens with one attached hydrogen (secondary N) is 2. The molecule has 1 amide bonds. The molecule has 166 valence electrons. The van der Waals surface area contributed by atoms with E-state index in [4.69, 9.17) is 4.74 Å². The minimum absolute atomic E-state index is 0. The van der Waals surface area contributed by atoms with Gasteiger partial charge in [-0.15, -0.1) is 0 Å². The number of halogens is 2. The van der Waals surface area contributed by atoms with Gasteiger partial charge in [0.1, 0.15) is 23.0 Å². The van der Waals surface area contributed by atoms with Gasteiger partial charge in [0.25, 0.3) is 17.4 Å². The highest BCUT2D eigenvalue weighted by atomic mass is 19.1. The number of carbonyl (C=O) groups is 1. The molecule has 1 aromatic carbocycles. The quantitative estimate of drug-likeness (QED) is 0.600. The molecule has 0 bridgehead atoms. The van der Waals surface area contributed by atoms with Gasteiger partial charge in [0.2, 0.25) is 0 Å². The zero-order valence-electron chi connectivity index (χ0n) is 17.2. The number of aromatic amines is 1. The minimum atomic E-state index is -0.862. The molecule has 31 heavy (non-hydrogen) atoms.